The van der Waals surface area contributed by atoms with E-state index in [9.17, 15) is 0 Å². The zero-order valence-corrected chi connectivity index (χ0v) is 2.49. The topological polar surface area (TPSA) is 47.3 Å². The van der Waals surface area contributed by atoms with Gasteiger partial charge < -0.3 is 0 Å². The molecule has 3 nitrogen and oxygen atoms in total. The summed E-state index contributed by atoms with van der Waals surface area (Å²) >= 11 is 0. The van der Waals surface area contributed by atoms with Crippen molar-refractivity contribution in [2.45, 2.75) is 0 Å². The predicted octanol–water partition coefficient (Wildman–Crippen LogP) is -0.989. The van der Waals surface area contributed by atoms with Crippen LogP contribution in [-0.2, 0) is 4.94 Å². The van der Waals surface area contributed by atoms with Gasteiger partial charge >= 0.3 is 0 Å². The van der Waals surface area contributed by atoms with Crippen LogP contribution >= 0.6 is 0 Å². The first kappa shape index (κ1) is 3.88. The molecule has 0 aromatic carbocycles. The van der Waals surface area contributed by atoms with Crippen LogP contribution in [0, 0.1) is 0 Å². The first-order valence-electron chi connectivity index (χ1n) is 0.940. The highest BCUT2D eigenvalue weighted by Gasteiger charge is 1.45. The highest BCUT2D eigenvalue weighted by molar-refractivity contribution is 3.72. The molecule has 4 heavy (non-hydrogen) atoms. The number of hydrogen-bond donors (Lipinski definition) is 2. The van der Waals surface area contributed by atoms with Crippen LogP contribution in [0.25, 0.3) is 0 Å². The van der Waals surface area contributed by atoms with E-state index in [1.165, 1.54) is 0 Å². The molecule has 0 aliphatic rings. The number of hydroxylamine groups is 1. The third kappa shape index (κ3) is 1.88. The maximum absolute atomic E-state index is 4.42. The minimum absolute atomic E-state index is 1.58. The lowest BCUT2D eigenvalue weighted by atomic mass is 11.6. The maximum Gasteiger partial charge on any atom is 0.0114 e. The van der Waals surface area contributed by atoms with Gasteiger partial charge in [-0.3, -0.25) is 0 Å². The van der Waals surface area contributed by atoms with E-state index in [0.717, 1.165) is 0 Å². The van der Waals surface area contributed by atoms with Gasteiger partial charge in [-0.05, 0) is 0 Å². The van der Waals surface area contributed by atoms with Gasteiger partial charge in [-0.2, -0.15) is 11.4 Å². The Morgan fingerprint density at radius 3 is 2.25 bits per heavy atom. The number of rotatable bonds is 1. The molecular formula is CH6N2O. The lowest BCUT2D eigenvalue weighted by Crippen LogP contribution is -2.11. The first-order valence-corrected chi connectivity index (χ1v) is 0.940. The van der Waals surface area contributed by atoms with Crippen molar-refractivity contribution in [1.82, 2.24) is 5.48 Å². The first-order chi connectivity index (χ1) is 1.91. The minimum atomic E-state index is 1.58. The second-order valence-corrected chi connectivity index (χ2v) is 0.322. The van der Waals surface area contributed by atoms with Gasteiger partial charge in [0.25, 0.3) is 0 Å². The summed E-state index contributed by atoms with van der Waals surface area (Å²) in [5.74, 6) is 4.42. The fourth-order valence-electron chi connectivity index (χ4n) is 0. The van der Waals surface area contributed by atoms with Crippen molar-refractivity contribution in [1.29, 1.82) is 0 Å². The molecule has 0 fully saturated rings. The average molecular weight is 62.1 g/mol. The summed E-state index contributed by atoms with van der Waals surface area (Å²) in [5, 5.41) is 0. The van der Waals surface area contributed by atoms with Gasteiger partial charge in [-0.25, -0.2) is 4.94 Å². The van der Waals surface area contributed by atoms with Crippen LogP contribution in [0.15, 0.2) is 0 Å². The Balaban J connectivity index is 1.97. The monoisotopic (exact) mass is 62.0 g/mol. The minimum Gasteiger partial charge on any atom is -0.217 e. The summed E-state index contributed by atoms with van der Waals surface area (Å²) in [6.07, 6.45) is 0. The number of hydrogen-bond acceptors (Lipinski definition) is 3. The SMILES string of the molecule is CNON. The van der Waals surface area contributed by atoms with E-state index in [1.807, 2.05) is 0 Å². The predicted molar refractivity (Wildman–Crippen MR) is 14.3 cm³/mol. The smallest absolute Gasteiger partial charge is 0.0114 e. The van der Waals surface area contributed by atoms with Crippen LogP contribution in [0.3, 0.4) is 0 Å². The van der Waals surface area contributed by atoms with E-state index < -0.39 is 0 Å². The number of nitrogens with two attached hydrogens (primary N) is 1. The molecule has 3 heteroatoms. The van der Waals surface area contributed by atoms with Gasteiger partial charge in [-0.1, -0.05) is 0 Å². The second kappa shape index (κ2) is 2.88. The largest absolute Gasteiger partial charge is 0.217 e. The molecule has 0 aliphatic carbocycles. The van der Waals surface area contributed by atoms with Gasteiger partial charge in [-0.15, -0.1) is 0 Å². The van der Waals surface area contributed by atoms with E-state index >= 15 is 0 Å². The summed E-state index contributed by atoms with van der Waals surface area (Å²) in [6.45, 7) is 0. The highest BCUT2D eigenvalue weighted by Crippen LogP contribution is 1.21. The van der Waals surface area contributed by atoms with Crippen LogP contribution in [0.5, 0.6) is 0 Å². The van der Waals surface area contributed by atoms with Gasteiger partial charge in [0.1, 0.15) is 0 Å². The summed E-state index contributed by atoms with van der Waals surface area (Å²) in [5.41, 5.74) is 2.21. The summed E-state index contributed by atoms with van der Waals surface area (Å²) < 4.78 is 0. The Kier molecular flexibility index (Phi) is 2.79. The average Bonchev–Trinajstić information content (AvgIpc) is 1.37. The van der Waals surface area contributed by atoms with Gasteiger partial charge in [0.15, 0.2) is 0 Å². The molecule has 3 N–H and O–H groups in total. The maximum atomic E-state index is 4.42. The van der Waals surface area contributed by atoms with Crippen molar-refractivity contribution >= 4 is 0 Å². The summed E-state index contributed by atoms with van der Waals surface area (Å²) in [7, 11) is 1.58. The molecule has 0 saturated carbocycles. The molecule has 0 heterocycles. The Morgan fingerprint density at radius 2 is 2.25 bits per heavy atom. The molecule has 0 radical (unpaired) electrons. The molecule has 0 aromatic heterocycles. The third-order valence-electron chi connectivity index (χ3n) is 0.118. The van der Waals surface area contributed by atoms with Gasteiger partial charge in [0.05, 0.1) is 0 Å². The molecular weight excluding hydrogens is 56.0 g/mol. The molecule has 0 aromatic rings. The van der Waals surface area contributed by atoms with Gasteiger partial charge in [0.2, 0.25) is 0 Å². The number of nitrogens with one attached hydrogen (secondary N) is 1. The highest BCUT2D eigenvalue weighted by atomic mass is 16.8. The van der Waals surface area contributed by atoms with Crippen molar-refractivity contribution in [2.75, 3.05) is 7.05 Å². The quantitative estimate of drug-likeness (QED) is 0.383. The van der Waals surface area contributed by atoms with E-state index in [4.69, 9.17) is 0 Å². The van der Waals surface area contributed by atoms with Crippen LogP contribution in [0.1, 0.15) is 0 Å². The molecule has 0 spiro atoms. The van der Waals surface area contributed by atoms with Crippen LogP contribution in [0.4, 0.5) is 0 Å². The Labute approximate surface area is 24.7 Å². The fourth-order valence-corrected chi connectivity index (χ4v) is 0. The van der Waals surface area contributed by atoms with Crippen molar-refractivity contribution in [3.05, 3.63) is 0 Å². The summed E-state index contributed by atoms with van der Waals surface area (Å²) in [4.78, 5) is 3.79. The van der Waals surface area contributed by atoms with Crippen LogP contribution in [-0.4, -0.2) is 7.05 Å². The standard InChI is InChI=1S/CH6N2O/c1-3-4-2/h3H,2H2,1H3. The summed E-state index contributed by atoms with van der Waals surface area (Å²) in [6, 6.07) is 0. The van der Waals surface area contributed by atoms with Crippen molar-refractivity contribution in [3.8, 4) is 0 Å². The third-order valence-corrected chi connectivity index (χ3v) is 0.118. The fraction of sp³-hybridized carbons (Fsp3) is 1.00. The van der Waals surface area contributed by atoms with Crippen LogP contribution in [0.2, 0.25) is 0 Å². The van der Waals surface area contributed by atoms with E-state index in [2.05, 4.69) is 16.3 Å². The Hall–Kier alpha value is -0.120. The van der Waals surface area contributed by atoms with Crippen molar-refractivity contribution in [3.63, 3.8) is 0 Å². The second-order valence-electron chi connectivity index (χ2n) is 0.322. The molecule has 0 atom stereocenters. The van der Waals surface area contributed by atoms with E-state index in [1.54, 1.807) is 7.05 Å². The zero-order chi connectivity index (χ0) is 3.41. The molecule has 0 rings (SSSR count). The van der Waals surface area contributed by atoms with E-state index in [0.29, 0.717) is 0 Å². The van der Waals surface area contributed by atoms with Crippen LogP contribution < -0.4 is 11.4 Å². The molecule has 0 amide bonds. The molecule has 26 valence electrons. The molecule has 0 aliphatic heterocycles. The van der Waals surface area contributed by atoms with Crippen molar-refractivity contribution < 1.29 is 4.94 Å². The molecule has 0 bridgehead atoms. The normalized spacial score (nSPS) is 7.50. The van der Waals surface area contributed by atoms with E-state index in [-0.39, 0.29) is 0 Å². The Bertz CT molecular complexity index is 8.00. The molecule has 0 saturated heterocycles. The Morgan fingerprint density at radius 1 is 2.00 bits per heavy atom. The zero-order valence-electron chi connectivity index (χ0n) is 2.49. The van der Waals surface area contributed by atoms with Crippen molar-refractivity contribution in [2.24, 2.45) is 5.90 Å². The van der Waals surface area contributed by atoms with Gasteiger partial charge in [0, 0.05) is 7.05 Å². The molecule has 0 unspecified atom stereocenters. The lowest BCUT2D eigenvalue weighted by Gasteiger charge is -1.79. The lowest BCUT2D eigenvalue weighted by molar-refractivity contribution is 0.0584.